The topological polar surface area (TPSA) is 48.9 Å². The molecule has 2 aliphatic heterocycles. The molecule has 27 heavy (non-hydrogen) atoms. The van der Waals surface area contributed by atoms with Crippen molar-refractivity contribution >= 4 is 33.5 Å². The molecule has 0 radical (unpaired) electrons. The summed E-state index contributed by atoms with van der Waals surface area (Å²) < 4.78 is 33.5. The third kappa shape index (κ3) is 5.00. The van der Waals surface area contributed by atoms with Gasteiger partial charge in [-0.25, -0.2) is 18.6 Å². The van der Waals surface area contributed by atoms with Crippen LogP contribution in [0.4, 0.5) is 25.1 Å². The fourth-order valence-electron chi connectivity index (χ4n) is 3.27. The first kappa shape index (κ1) is 20.1. The monoisotopic (exact) mass is 446 g/mol. The van der Waals surface area contributed by atoms with Gasteiger partial charge in [0.05, 0.1) is 12.2 Å². The number of rotatable bonds is 2. The van der Waals surface area contributed by atoms with Gasteiger partial charge < -0.3 is 19.4 Å². The van der Waals surface area contributed by atoms with Gasteiger partial charge in [0.25, 0.3) is 5.92 Å². The van der Waals surface area contributed by atoms with Crippen molar-refractivity contribution in [2.45, 2.75) is 38.7 Å². The Kier molecular flexibility index (Phi) is 5.52. The number of anilines is 2. The molecule has 3 rings (SSSR count). The van der Waals surface area contributed by atoms with Gasteiger partial charge in [-0.15, -0.1) is 0 Å². The molecular weight excluding hydrogens is 422 g/mol. The van der Waals surface area contributed by atoms with Crippen LogP contribution in [0.1, 0.15) is 27.2 Å². The summed E-state index contributed by atoms with van der Waals surface area (Å²) in [4.78, 5) is 22.1. The van der Waals surface area contributed by atoms with Crippen molar-refractivity contribution in [2.75, 3.05) is 49.1 Å². The van der Waals surface area contributed by atoms with E-state index in [1.165, 1.54) is 0 Å². The molecule has 0 spiro atoms. The normalized spacial score (nSPS) is 20.1. The van der Waals surface area contributed by atoms with Crippen molar-refractivity contribution in [3.8, 4) is 0 Å². The molecule has 0 N–H and O–H groups in total. The molecule has 2 aliphatic rings. The Hall–Kier alpha value is -1.64. The van der Waals surface area contributed by atoms with E-state index in [-0.39, 0.29) is 19.1 Å². The maximum atomic E-state index is 13.7. The van der Waals surface area contributed by atoms with Crippen molar-refractivity contribution in [3.63, 3.8) is 0 Å². The lowest BCUT2D eigenvalue weighted by Gasteiger charge is -2.37. The molecule has 1 aromatic rings. The minimum atomic E-state index is -2.67. The van der Waals surface area contributed by atoms with E-state index in [9.17, 15) is 13.6 Å². The molecule has 3 heterocycles. The highest BCUT2D eigenvalue weighted by Gasteiger charge is 2.39. The van der Waals surface area contributed by atoms with Gasteiger partial charge in [-0.1, -0.05) is 0 Å². The number of halogens is 3. The fourth-order valence-corrected chi connectivity index (χ4v) is 3.59. The summed E-state index contributed by atoms with van der Waals surface area (Å²) in [6, 6.07) is 1.84. The highest BCUT2D eigenvalue weighted by Crippen LogP contribution is 2.37. The third-order valence-electron chi connectivity index (χ3n) is 4.56. The second-order valence-corrected chi connectivity index (χ2v) is 8.89. The number of carbonyl (C=O) groups excluding carboxylic acids is 1. The lowest BCUT2D eigenvalue weighted by atomic mass is 10.2. The number of piperazine rings is 1. The van der Waals surface area contributed by atoms with Crippen LogP contribution < -0.4 is 9.80 Å². The molecule has 0 aromatic carbocycles. The Morgan fingerprint density at radius 2 is 1.85 bits per heavy atom. The Bertz CT molecular complexity index is 703. The molecular formula is C18H25BrF2N4O2. The molecule has 2 fully saturated rings. The summed E-state index contributed by atoms with van der Waals surface area (Å²) >= 11 is 3.39. The van der Waals surface area contributed by atoms with E-state index in [2.05, 4.69) is 20.9 Å². The third-order valence-corrected chi connectivity index (χ3v) is 4.99. The minimum Gasteiger partial charge on any atom is -0.444 e. The van der Waals surface area contributed by atoms with E-state index in [1.54, 1.807) is 16.0 Å². The number of nitrogens with zero attached hydrogens (tertiary/aromatic N) is 4. The highest BCUT2D eigenvalue weighted by atomic mass is 79.9. The first-order valence-electron chi connectivity index (χ1n) is 9.05. The van der Waals surface area contributed by atoms with Crippen molar-refractivity contribution in [1.82, 2.24) is 9.88 Å². The van der Waals surface area contributed by atoms with Crippen LogP contribution in [0.15, 0.2) is 16.7 Å². The summed E-state index contributed by atoms with van der Waals surface area (Å²) in [5.74, 6) is -1.99. The van der Waals surface area contributed by atoms with E-state index in [1.807, 2.05) is 31.7 Å². The van der Waals surface area contributed by atoms with Crippen LogP contribution >= 0.6 is 15.9 Å². The van der Waals surface area contributed by atoms with E-state index in [4.69, 9.17) is 4.74 Å². The van der Waals surface area contributed by atoms with E-state index in [0.717, 1.165) is 4.47 Å². The van der Waals surface area contributed by atoms with Crippen LogP contribution in [0.5, 0.6) is 0 Å². The number of alkyl halides is 2. The van der Waals surface area contributed by atoms with Crippen molar-refractivity contribution in [3.05, 3.63) is 16.7 Å². The number of pyridine rings is 1. The van der Waals surface area contributed by atoms with Crippen LogP contribution in [0.2, 0.25) is 0 Å². The highest BCUT2D eigenvalue weighted by molar-refractivity contribution is 9.10. The van der Waals surface area contributed by atoms with E-state index < -0.39 is 11.5 Å². The molecule has 150 valence electrons. The van der Waals surface area contributed by atoms with Gasteiger partial charge in [0.1, 0.15) is 5.60 Å². The lowest BCUT2D eigenvalue weighted by molar-refractivity contribution is 0.0235. The quantitative estimate of drug-likeness (QED) is 0.692. The molecule has 1 aromatic heterocycles. The number of carbonyl (C=O) groups is 1. The van der Waals surface area contributed by atoms with Gasteiger partial charge in [-0.3, -0.25) is 0 Å². The molecule has 9 heteroatoms. The predicted octanol–water partition coefficient (Wildman–Crippen LogP) is 3.75. The summed E-state index contributed by atoms with van der Waals surface area (Å²) in [6.45, 7) is 7.67. The van der Waals surface area contributed by atoms with Crippen molar-refractivity contribution in [1.29, 1.82) is 0 Å². The van der Waals surface area contributed by atoms with E-state index in [0.29, 0.717) is 44.2 Å². The van der Waals surface area contributed by atoms with Gasteiger partial charge in [-0.05, 0) is 42.8 Å². The molecule has 0 saturated carbocycles. The first-order valence-corrected chi connectivity index (χ1v) is 9.85. The van der Waals surface area contributed by atoms with Gasteiger partial charge in [0.2, 0.25) is 0 Å². The fraction of sp³-hybridized carbons (Fsp3) is 0.667. The average molecular weight is 447 g/mol. The second kappa shape index (κ2) is 7.41. The number of hydrogen-bond donors (Lipinski definition) is 0. The van der Waals surface area contributed by atoms with E-state index >= 15 is 0 Å². The van der Waals surface area contributed by atoms with Crippen molar-refractivity contribution in [2.24, 2.45) is 0 Å². The van der Waals surface area contributed by atoms with Gasteiger partial charge in [0, 0.05) is 49.8 Å². The summed E-state index contributed by atoms with van der Waals surface area (Å²) in [7, 11) is 0. The maximum absolute atomic E-state index is 13.7. The molecule has 0 aliphatic carbocycles. The standard InChI is InChI=1S/C18H25BrF2N4O2/c1-17(2,3)27-16(26)24-8-6-23(7-9-24)15-14(10-13(19)11-22-15)25-5-4-18(20,21)12-25/h10-11H,4-9,12H2,1-3H3. The number of amides is 1. The summed E-state index contributed by atoms with van der Waals surface area (Å²) in [6.07, 6.45) is 1.20. The van der Waals surface area contributed by atoms with Crippen LogP contribution in [-0.2, 0) is 4.74 Å². The molecule has 0 unspecified atom stereocenters. The number of hydrogen-bond acceptors (Lipinski definition) is 5. The second-order valence-electron chi connectivity index (χ2n) is 7.98. The summed E-state index contributed by atoms with van der Waals surface area (Å²) in [5, 5.41) is 0. The molecule has 0 bridgehead atoms. The average Bonchev–Trinajstić information content (AvgIpc) is 2.93. The first-order chi connectivity index (χ1) is 12.5. The molecule has 0 atom stereocenters. The Morgan fingerprint density at radius 3 is 2.41 bits per heavy atom. The zero-order valence-electron chi connectivity index (χ0n) is 15.8. The zero-order chi connectivity index (χ0) is 19.8. The van der Waals surface area contributed by atoms with Crippen LogP contribution in [0, 0.1) is 0 Å². The van der Waals surface area contributed by atoms with Gasteiger partial charge in [-0.2, -0.15) is 0 Å². The maximum Gasteiger partial charge on any atom is 0.410 e. The smallest absolute Gasteiger partial charge is 0.410 e. The SMILES string of the molecule is CC(C)(C)OC(=O)N1CCN(c2ncc(Br)cc2N2CCC(F)(F)C2)CC1. The van der Waals surface area contributed by atoms with Gasteiger partial charge >= 0.3 is 6.09 Å². The number of aromatic nitrogens is 1. The van der Waals surface area contributed by atoms with Crippen LogP contribution in [0.25, 0.3) is 0 Å². The number of ether oxygens (including phenoxy) is 1. The predicted molar refractivity (Wildman–Crippen MR) is 104 cm³/mol. The van der Waals surface area contributed by atoms with Crippen molar-refractivity contribution < 1.29 is 18.3 Å². The Balaban J connectivity index is 1.70. The molecule has 2 saturated heterocycles. The lowest BCUT2D eigenvalue weighted by Crippen LogP contribution is -2.50. The Labute approximate surface area is 166 Å². The van der Waals surface area contributed by atoms with Crippen LogP contribution in [0.3, 0.4) is 0 Å². The minimum absolute atomic E-state index is 0.147. The largest absolute Gasteiger partial charge is 0.444 e. The Morgan fingerprint density at radius 1 is 1.19 bits per heavy atom. The zero-order valence-corrected chi connectivity index (χ0v) is 17.4. The van der Waals surface area contributed by atoms with Crippen LogP contribution in [-0.4, -0.2) is 66.8 Å². The molecule has 6 nitrogen and oxygen atoms in total. The summed E-state index contributed by atoms with van der Waals surface area (Å²) in [5.41, 5.74) is 0.169. The molecule has 1 amide bonds. The van der Waals surface area contributed by atoms with Gasteiger partial charge in [0.15, 0.2) is 5.82 Å².